The van der Waals surface area contributed by atoms with E-state index in [2.05, 4.69) is 10.6 Å². The van der Waals surface area contributed by atoms with E-state index < -0.39 is 56.8 Å². The first-order chi connectivity index (χ1) is 23.1. The van der Waals surface area contributed by atoms with Gasteiger partial charge in [-0.05, 0) is 81.2 Å². The van der Waals surface area contributed by atoms with Crippen LogP contribution >= 0.6 is 0 Å². The number of hydrogen-bond donors (Lipinski definition) is 4. The summed E-state index contributed by atoms with van der Waals surface area (Å²) in [5.74, 6) is 0.331. The van der Waals surface area contributed by atoms with Gasteiger partial charge in [-0.3, -0.25) is 0 Å². The van der Waals surface area contributed by atoms with Crippen LogP contribution in [-0.4, -0.2) is 88.1 Å². The smallest absolute Gasteiger partial charge is 0.407 e. The molecule has 2 amide bonds. The maximum atomic E-state index is 14.6. The lowest BCUT2D eigenvalue weighted by molar-refractivity contribution is -0.0907. The minimum absolute atomic E-state index is 0.0623. The van der Waals surface area contributed by atoms with Gasteiger partial charge in [0.15, 0.2) is 21.0 Å². The fourth-order valence-corrected chi connectivity index (χ4v) is 8.50. The molecule has 2 heterocycles. The van der Waals surface area contributed by atoms with Crippen molar-refractivity contribution in [3.8, 4) is 5.75 Å². The number of sulfone groups is 1. The molecule has 1 unspecified atom stereocenters. The molecule has 0 spiro atoms. The molecule has 49 heavy (non-hydrogen) atoms. The minimum Gasteiger partial charge on any atom is -0.497 e. The number of ether oxygens (including phenoxy) is 5. The average Bonchev–Trinajstić information content (AvgIpc) is 3.67. The van der Waals surface area contributed by atoms with Crippen molar-refractivity contribution in [3.63, 3.8) is 0 Å². The first kappa shape index (κ1) is 38.4. The number of methoxy groups -OCH3 is 1. The summed E-state index contributed by atoms with van der Waals surface area (Å²) in [6.45, 7) is 8.17. The Morgan fingerprint density at radius 3 is 2.41 bits per heavy atom. The Bertz CT molecular complexity index is 1490. The van der Waals surface area contributed by atoms with E-state index in [1.807, 2.05) is 44.2 Å². The molecule has 2 aliphatic heterocycles. The Labute approximate surface area is 289 Å². The van der Waals surface area contributed by atoms with Crippen molar-refractivity contribution in [1.29, 1.82) is 0 Å². The van der Waals surface area contributed by atoms with Crippen molar-refractivity contribution in [2.24, 2.45) is 17.1 Å². The number of alkyl carbamates (subject to hydrolysis) is 2. The maximum Gasteiger partial charge on any atom is 0.407 e. The van der Waals surface area contributed by atoms with Crippen LogP contribution in [0.5, 0.6) is 5.75 Å². The van der Waals surface area contributed by atoms with Crippen LogP contribution in [-0.2, 0) is 35.2 Å². The number of carbonyl (C=O) groups excluding carboxylic acids is 2. The lowest BCUT2D eigenvalue weighted by Gasteiger charge is -2.42. The van der Waals surface area contributed by atoms with E-state index in [0.717, 1.165) is 5.56 Å². The van der Waals surface area contributed by atoms with E-state index >= 15 is 0 Å². The van der Waals surface area contributed by atoms with Gasteiger partial charge in [0, 0.05) is 6.54 Å². The molecule has 0 aliphatic carbocycles. The molecule has 272 valence electrons. The molecule has 2 aromatic rings. The summed E-state index contributed by atoms with van der Waals surface area (Å²) < 4.78 is 56.4. The van der Waals surface area contributed by atoms with Gasteiger partial charge in [-0.15, -0.1) is 0 Å². The monoisotopic (exact) mass is 705 g/mol. The number of nitrogens with one attached hydrogen (secondary N) is 2. The van der Waals surface area contributed by atoms with Gasteiger partial charge in [0.1, 0.15) is 18.0 Å². The highest BCUT2D eigenvalue weighted by Crippen LogP contribution is 2.40. The van der Waals surface area contributed by atoms with E-state index in [1.54, 1.807) is 13.8 Å². The van der Waals surface area contributed by atoms with Crippen LogP contribution in [0.3, 0.4) is 0 Å². The largest absolute Gasteiger partial charge is 0.497 e. The minimum atomic E-state index is -4.47. The zero-order chi connectivity index (χ0) is 35.8. The molecule has 2 aromatic carbocycles. The first-order valence-electron chi connectivity index (χ1n) is 16.7. The van der Waals surface area contributed by atoms with Crippen molar-refractivity contribution in [3.05, 3.63) is 60.2 Å². The van der Waals surface area contributed by atoms with Gasteiger partial charge in [0.05, 0.1) is 43.3 Å². The van der Waals surface area contributed by atoms with Gasteiger partial charge in [0.2, 0.25) is 0 Å². The first-order valence-corrected chi connectivity index (χ1v) is 18.2. The van der Waals surface area contributed by atoms with Crippen LogP contribution < -0.4 is 21.1 Å². The summed E-state index contributed by atoms with van der Waals surface area (Å²) in [5.41, 5.74) is 6.98. The van der Waals surface area contributed by atoms with Crippen LogP contribution in [0.25, 0.3) is 0 Å². The number of amides is 2. The predicted molar refractivity (Wildman–Crippen MR) is 181 cm³/mol. The quantitative estimate of drug-likeness (QED) is 0.186. The van der Waals surface area contributed by atoms with E-state index in [1.165, 1.54) is 31.4 Å². The van der Waals surface area contributed by atoms with Gasteiger partial charge in [-0.25, -0.2) is 18.0 Å². The van der Waals surface area contributed by atoms with Crippen molar-refractivity contribution >= 4 is 22.0 Å². The highest BCUT2D eigenvalue weighted by atomic mass is 32.2. The van der Waals surface area contributed by atoms with E-state index in [9.17, 15) is 23.1 Å². The zero-order valence-corrected chi connectivity index (χ0v) is 29.7. The molecule has 2 aliphatic rings. The molecule has 2 saturated heterocycles. The van der Waals surface area contributed by atoms with Crippen LogP contribution in [0.2, 0.25) is 0 Å². The summed E-state index contributed by atoms with van der Waals surface area (Å²) in [6, 6.07) is 13.7. The number of aliphatic hydroxyl groups excluding tert-OH is 1. The molecule has 4 rings (SSSR count). The number of carbonyl (C=O) groups is 2. The van der Waals surface area contributed by atoms with Gasteiger partial charge < -0.3 is 45.2 Å². The standard InChI is InChI=1S/C35H51N3O10S/c1-23(2)47-32(40)37-18-9-17-34(3,4)22-35(36,49(42,43)26-14-12-25(44-5)13-15-26)30(39)28(20-24-10-7-6-8-11-24)38-33(41)48-29-21-46-31-27(29)16-19-45-31/h6-8,10-15,23,27-31,39H,9,16-22,36H2,1-5H3,(H,37,40)(H,38,41)/t27-,28+,29-,30-,31+,35?/m1/s1. The third-order valence-corrected chi connectivity index (χ3v) is 11.3. The Balaban J connectivity index is 1.63. The summed E-state index contributed by atoms with van der Waals surface area (Å²) in [6.07, 6.45) is -2.95. The molecule has 0 saturated carbocycles. The van der Waals surface area contributed by atoms with Crippen LogP contribution in [0.4, 0.5) is 9.59 Å². The maximum absolute atomic E-state index is 14.6. The number of rotatable bonds is 16. The van der Waals surface area contributed by atoms with E-state index in [0.29, 0.717) is 38.2 Å². The van der Waals surface area contributed by atoms with E-state index in [-0.39, 0.29) is 36.4 Å². The van der Waals surface area contributed by atoms with Crippen LogP contribution in [0, 0.1) is 11.3 Å². The van der Waals surface area contributed by atoms with Crippen molar-refractivity contribution in [2.75, 3.05) is 26.9 Å². The Morgan fingerprint density at radius 2 is 1.76 bits per heavy atom. The lowest BCUT2D eigenvalue weighted by Crippen LogP contribution is -2.65. The van der Waals surface area contributed by atoms with Gasteiger partial charge in [-0.2, -0.15) is 0 Å². The molecular weight excluding hydrogens is 654 g/mol. The lowest BCUT2D eigenvalue weighted by atomic mass is 9.78. The number of hydrogen-bond acceptors (Lipinski definition) is 11. The molecule has 2 fully saturated rings. The molecule has 0 radical (unpaired) electrons. The number of nitrogens with two attached hydrogens (primary N) is 1. The van der Waals surface area contributed by atoms with Gasteiger partial charge in [0.25, 0.3) is 0 Å². The van der Waals surface area contributed by atoms with Gasteiger partial charge in [-0.1, -0.05) is 44.2 Å². The second-order valence-corrected chi connectivity index (χ2v) is 16.1. The summed E-state index contributed by atoms with van der Waals surface area (Å²) in [7, 11) is -3.00. The molecular formula is C35H51N3O10S. The fraction of sp³-hybridized carbons (Fsp3) is 0.600. The van der Waals surface area contributed by atoms with Crippen molar-refractivity contribution < 1.29 is 46.8 Å². The molecule has 0 bridgehead atoms. The Hall–Kier alpha value is -3.43. The SMILES string of the molecule is COc1ccc(S(=O)(=O)C(N)(CC(C)(C)CCCNC(=O)OC(C)C)[C@H](O)[C@H](Cc2ccccc2)NC(=O)O[C@@H]2CO[C@@H]3OCC[C@@H]32)cc1. The second-order valence-electron chi connectivity index (χ2n) is 13.8. The molecule has 0 aromatic heterocycles. The number of fused-ring (bicyclic) bond motifs is 1. The van der Waals surface area contributed by atoms with Crippen LogP contribution in [0.1, 0.15) is 58.9 Å². The van der Waals surface area contributed by atoms with Gasteiger partial charge >= 0.3 is 12.2 Å². The third-order valence-electron chi connectivity index (χ3n) is 8.99. The predicted octanol–water partition coefficient (Wildman–Crippen LogP) is 3.91. The Kier molecular flexibility index (Phi) is 12.9. The van der Waals surface area contributed by atoms with Crippen LogP contribution in [0.15, 0.2) is 59.5 Å². The Morgan fingerprint density at radius 1 is 1.06 bits per heavy atom. The second kappa shape index (κ2) is 16.5. The summed E-state index contributed by atoms with van der Waals surface area (Å²) >= 11 is 0. The third kappa shape index (κ3) is 9.85. The topological polar surface area (TPSA) is 185 Å². The molecule has 6 atom stereocenters. The molecule has 5 N–H and O–H groups in total. The fourth-order valence-electron chi connectivity index (χ4n) is 6.50. The molecule has 14 heteroatoms. The normalized spacial score (nSPS) is 21.7. The highest BCUT2D eigenvalue weighted by Gasteiger charge is 2.53. The highest BCUT2D eigenvalue weighted by molar-refractivity contribution is 7.92. The average molecular weight is 706 g/mol. The summed E-state index contributed by atoms with van der Waals surface area (Å²) in [4.78, 5) is 23.0. The summed E-state index contributed by atoms with van der Waals surface area (Å²) in [5, 5.41) is 17.7. The number of benzene rings is 2. The number of aliphatic hydroxyl groups is 1. The molecule has 13 nitrogen and oxygen atoms in total. The van der Waals surface area contributed by atoms with Crippen molar-refractivity contribution in [2.45, 2.75) is 100 Å². The zero-order valence-electron chi connectivity index (χ0n) is 28.9. The van der Waals surface area contributed by atoms with Crippen molar-refractivity contribution in [1.82, 2.24) is 10.6 Å². The van der Waals surface area contributed by atoms with E-state index in [4.69, 9.17) is 29.4 Å².